The van der Waals surface area contributed by atoms with E-state index in [2.05, 4.69) is 17.0 Å². The molecular weight excluding hydrogens is 274 g/mol. The number of aliphatic hydroxyl groups excluding tert-OH is 1. The average molecular weight is 295 g/mol. The Morgan fingerprint density at radius 3 is 2.86 bits per heavy atom. The van der Waals surface area contributed by atoms with Gasteiger partial charge in [-0.05, 0) is 24.5 Å². The Bertz CT molecular complexity index is 510. The standard InChI is InChI=1S/C15H21NO5/c1-9-7-11(9)13-5-3-10(21-13)4-6-14(18)16-8-12(17)15(19)20-2/h3,5,9,11-12,17H,4,6-8H2,1-2H3,(H,16,18). The average Bonchev–Trinajstić information content (AvgIpc) is 3.02. The van der Waals surface area contributed by atoms with Gasteiger partial charge < -0.3 is 19.6 Å². The van der Waals surface area contributed by atoms with Crippen LogP contribution >= 0.6 is 0 Å². The number of carbonyl (C=O) groups is 2. The third kappa shape index (κ3) is 4.32. The number of methoxy groups -OCH3 is 1. The summed E-state index contributed by atoms with van der Waals surface area (Å²) >= 11 is 0. The summed E-state index contributed by atoms with van der Waals surface area (Å²) in [5, 5.41) is 11.8. The molecule has 1 aromatic rings. The molecule has 116 valence electrons. The summed E-state index contributed by atoms with van der Waals surface area (Å²) in [5.41, 5.74) is 0. The van der Waals surface area contributed by atoms with E-state index < -0.39 is 12.1 Å². The zero-order chi connectivity index (χ0) is 15.4. The number of rotatable bonds is 7. The highest BCUT2D eigenvalue weighted by Gasteiger charge is 2.36. The van der Waals surface area contributed by atoms with Crippen LogP contribution < -0.4 is 5.32 Å². The Morgan fingerprint density at radius 2 is 2.24 bits per heavy atom. The fourth-order valence-electron chi connectivity index (χ4n) is 2.20. The molecule has 1 aliphatic carbocycles. The topological polar surface area (TPSA) is 88.8 Å². The summed E-state index contributed by atoms with van der Waals surface area (Å²) in [5.74, 6) is 2.00. The molecule has 1 saturated carbocycles. The van der Waals surface area contributed by atoms with Gasteiger partial charge in [-0.25, -0.2) is 4.79 Å². The lowest BCUT2D eigenvalue weighted by Crippen LogP contribution is -2.37. The highest BCUT2D eigenvalue weighted by molar-refractivity contribution is 5.78. The maximum Gasteiger partial charge on any atom is 0.336 e. The number of ether oxygens (including phenoxy) is 1. The summed E-state index contributed by atoms with van der Waals surface area (Å²) in [6.07, 6.45) is 0.590. The van der Waals surface area contributed by atoms with Crippen LogP contribution in [0.2, 0.25) is 0 Å². The second-order valence-corrected chi connectivity index (χ2v) is 5.47. The first kappa shape index (κ1) is 15.6. The van der Waals surface area contributed by atoms with E-state index in [1.165, 1.54) is 13.5 Å². The fraction of sp³-hybridized carbons (Fsp3) is 0.600. The minimum atomic E-state index is -1.33. The van der Waals surface area contributed by atoms with Crippen molar-refractivity contribution in [2.45, 2.75) is 38.2 Å². The number of furan rings is 1. The van der Waals surface area contributed by atoms with Gasteiger partial charge in [0.05, 0.1) is 13.7 Å². The van der Waals surface area contributed by atoms with Crippen LogP contribution in [0.5, 0.6) is 0 Å². The van der Waals surface area contributed by atoms with Gasteiger partial charge in [0.15, 0.2) is 6.10 Å². The summed E-state index contributed by atoms with van der Waals surface area (Å²) < 4.78 is 10.1. The normalized spacial score (nSPS) is 21.7. The Labute approximate surface area is 123 Å². The van der Waals surface area contributed by atoms with Gasteiger partial charge in [-0.3, -0.25) is 4.79 Å². The quantitative estimate of drug-likeness (QED) is 0.732. The molecule has 0 aromatic carbocycles. The number of hydrogen-bond acceptors (Lipinski definition) is 5. The van der Waals surface area contributed by atoms with Crippen LogP contribution in [0.15, 0.2) is 16.5 Å². The number of hydrogen-bond donors (Lipinski definition) is 2. The maximum atomic E-state index is 11.6. The van der Waals surface area contributed by atoms with E-state index in [1.807, 2.05) is 12.1 Å². The zero-order valence-electron chi connectivity index (χ0n) is 12.3. The second kappa shape index (κ2) is 6.76. The van der Waals surface area contributed by atoms with Gasteiger partial charge in [0.1, 0.15) is 11.5 Å². The Hall–Kier alpha value is -1.82. The predicted molar refractivity (Wildman–Crippen MR) is 74.6 cm³/mol. The van der Waals surface area contributed by atoms with Crippen LogP contribution in [0.1, 0.15) is 37.2 Å². The zero-order valence-corrected chi connectivity index (χ0v) is 12.3. The number of carbonyl (C=O) groups excluding carboxylic acids is 2. The lowest BCUT2D eigenvalue weighted by Gasteiger charge is -2.09. The molecule has 21 heavy (non-hydrogen) atoms. The van der Waals surface area contributed by atoms with Crippen LogP contribution in [0.4, 0.5) is 0 Å². The molecule has 2 N–H and O–H groups in total. The molecule has 3 unspecified atom stereocenters. The molecule has 1 amide bonds. The molecular formula is C15H21NO5. The number of nitrogens with one attached hydrogen (secondary N) is 1. The molecule has 0 spiro atoms. The second-order valence-electron chi connectivity index (χ2n) is 5.47. The van der Waals surface area contributed by atoms with Crippen LogP contribution in [-0.4, -0.2) is 36.7 Å². The van der Waals surface area contributed by atoms with Gasteiger partial charge in [-0.2, -0.15) is 0 Å². The monoisotopic (exact) mass is 295 g/mol. The van der Waals surface area contributed by atoms with Crippen molar-refractivity contribution in [1.29, 1.82) is 0 Å². The first-order valence-corrected chi connectivity index (χ1v) is 7.12. The summed E-state index contributed by atoms with van der Waals surface area (Å²) in [6.45, 7) is 2.04. The molecule has 0 saturated heterocycles. The number of aryl methyl sites for hydroxylation is 1. The smallest absolute Gasteiger partial charge is 0.336 e. The van der Waals surface area contributed by atoms with Gasteiger partial charge in [-0.1, -0.05) is 6.92 Å². The molecule has 1 fully saturated rings. The van der Waals surface area contributed by atoms with Crippen molar-refractivity contribution in [2.75, 3.05) is 13.7 Å². The van der Waals surface area contributed by atoms with E-state index in [0.29, 0.717) is 18.3 Å². The Morgan fingerprint density at radius 1 is 1.52 bits per heavy atom. The minimum Gasteiger partial charge on any atom is -0.467 e. The van der Waals surface area contributed by atoms with Crippen molar-refractivity contribution in [1.82, 2.24) is 5.32 Å². The van der Waals surface area contributed by atoms with E-state index in [-0.39, 0.29) is 18.9 Å². The first-order valence-electron chi connectivity index (χ1n) is 7.12. The van der Waals surface area contributed by atoms with Gasteiger partial charge in [0, 0.05) is 18.8 Å². The van der Waals surface area contributed by atoms with Crippen molar-refractivity contribution >= 4 is 11.9 Å². The van der Waals surface area contributed by atoms with Crippen LogP contribution in [-0.2, 0) is 20.7 Å². The van der Waals surface area contributed by atoms with Gasteiger partial charge in [0.25, 0.3) is 0 Å². The molecule has 0 radical (unpaired) electrons. The van der Waals surface area contributed by atoms with E-state index in [9.17, 15) is 14.7 Å². The predicted octanol–water partition coefficient (Wildman–Crippen LogP) is 0.986. The first-order chi connectivity index (χ1) is 10.0. The molecule has 6 nitrogen and oxygen atoms in total. The highest BCUT2D eigenvalue weighted by Crippen LogP contribution is 2.47. The van der Waals surface area contributed by atoms with E-state index in [4.69, 9.17) is 4.42 Å². The summed E-state index contributed by atoms with van der Waals surface area (Å²) in [4.78, 5) is 22.6. The molecule has 6 heteroatoms. The van der Waals surface area contributed by atoms with Gasteiger partial charge >= 0.3 is 5.97 Å². The molecule has 3 atom stereocenters. The minimum absolute atomic E-state index is 0.144. The van der Waals surface area contributed by atoms with Crippen molar-refractivity contribution < 1.29 is 23.8 Å². The maximum absolute atomic E-state index is 11.6. The van der Waals surface area contributed by atoms with E-state index in [1.54, 1.807) is 0 Å². The SMILES string of the molecule is COC(=O)C(O)CNC(=O)CCc1ccc(C2CC2C)o1. The van der Waals surface area contributed by atoms with Crippen LogP contribution in [0.25, 0.3) is 0 Å². The summed E-state index contributed by atoms with van der Waals surface area (Å²) in [6, 6.07) is 3.87. The molecule has 2 rings (SSSR count). The van der Waals surface area contributed by atoms with Gasteiger partial charge in [-0.15, -0.1) is 0 Å². The third-order valence-corrected chi connectivity index (χ3v) is 3.72. The lowest BCUT2D eigenvalue weighted by molar-refractivity contribution is -0.150. The van der Waals surface area contributed by atoms with Crippen molar-refractivity contribution in [3.05, 3.63) is 23.7 Å². The van der Waals surface area contributed by atoms with E-state index in [0.717, 1.165) is 11.5 Å². The van der Waals surface area contributed by atoms with Crippen molar-refractivity contribution in [3.63, 3.8) is 0 Å². The van der Waals surface area contributed by atoms with Crippen LogP contribution in [0, 0.1) is 5.92 Å². The number of amides is 1. The molecule has 0 bridgehead atoms. The van der Waals surface area contributed by atoms with Gasteiger partial charge in [0.2, 0.25) is 5.91 Å². The van der Waals surface area contributed by atoms with Crippen molar-refractivity contribution in [2.24, 2.45) is 5.92 Å². The molecule has 1 heterocycles. The number of aliphatic hydroxyl groups is 1. The molecule has 1 aliphatic rings. The Balaban J connectivity index is 1.69. The summed E-state index contributed by atoms with van der Waals surface area (Å²) in [7, 11) is 1.18. The van der Waals surface area contributed by atoms with Crippen molar-refractivity contribution in [3.8, 4) is 0 Å². The van der Waals surface area contributed by atoms with E-state index >= 15 is 0 Å². The largest absolute Gasteiger partial charge is 0.467 e. The van der Waals surface area contributed by atoms with Crippen LogP contribution in [0.3, 0.4) is 0 Å². The molecule has 1 aromatic heterocycles. The fourth-order valence-corrected chi connectivity index (χ4v) is 2.20. The lowest BCUT2D eigenvalue weighted by atomic mass is 10.2. The Kier molecular flexibility index (Phi) is 5.01. The molecule has 0 aliphatic heterocycles. The third-order valence-electron chi connectivity index (χ3n) is 3.72. The highest BCUT2D eigenvalue weighted by atomic mass is 16.5. The number of esters is 1.